The largest absolute Gasteiger partial charge is 0.496 e. The van der Waals surface area contributed by atoms with Gasteiger partial charge in [0.1, 0.15) is 17.4 Å². The van der Waals surface area contributed by atoms with Crippen LogP contribution in [-0.4, -0.2) is 25.1 Å². The molecule has 0 saturated heterocycles. The summed E-state index contributed by atoms with van der Waals surface area (Å²) in [4.78, 5) is 15.5. The van der Waals surface area contributed by atoms with Gasteiger partial charge in [0.25, 0.3) is 0 Å². The Morgan fingerprint density at radius 2 is 1.88 bits per heavy atom. The quantitative estimate of drug-likeness (QED) is 0.808. The second-order valence-corrected chi connectivity index (χ2v) is 5.29. The molecule has 0 aliphatic rings. The van der Waals surface area contributed by atoms with Gasteiger partial charge < -0.3 is 15.2 Å². The van der Waals surface area contributed by atoms with Gasteiger partial charge in [-0.1, -0.05) is 12.2 Å². The predicted molar refractivity (Wildman–Crippen MR) is 100 cm³/mol. The summed E-state index contributed by atoms with van der Waals surface area (Å²) in [7, 11) is 3.03. The molecule has 0 saturated carbocycles. The van der Waals surface area contributed by atoms with Gasteiger partial charge in [-0.2, -0.15) is 5.26 Å². The number of carbonyl (C=O) groups is 1. The molecular formula is C20H19N3O3. The Kier molecular flexibility index (Phi) is 6.12. The van der Waals surface area contributed by atoms with Gasteiger partial charge in [-0.3, -0.25) is 4.79 Å². The van der Waals surface area contributed by atoms with Crippen molar-refractivity contribution < 1.29 is 14.3 Å². The second-order valence-electron chi connectivity index (χ2n) is 5.29. The van der Waals surface area contributed by atoms with Gasteiger partial charge in [-0.05, 0) is 37.3 Å². The Hall–Kier alpha value is -3.59. The Morgan fingerprint density at radius 3 is 2.42 bits per heavy atom. The first kappa shape index (κ1) is 18.7. The molecule has 26 heavy (non-hydrogen) atoms. The molecule has 0 bridgehead atoms. The maximum Gasteiger partial charge on any atom is 0.241 e. The summed E-state index contributed by atoms with van der Waals surface area (Å²) in [6, 6.07) is 9.17. The normalized spacial score (nSPS) is 10.8. The number of nitrogens with zero attached hydrogens (tertiary/aromatic N) is 2. The number of primary amides is 1. The lowest BCUT2D eigenvalue weighted by Gasteiger charge is -2.13. The van der Waals surface area contributed by atoms with E-state index in [1.807, 2.05) is 37.3 Å². The molecule has 2 rings (SSSR count). The number of rotatable bonds is 6. The van der Waals surface area contributed by atoms with Crippen LogP contribution in [0.15, 0.2) is 36.4 Å². The van der Waals surface area contributed by atoms with Crippen LogP contribution < -0.4 is 15.2 Å². The monoisotopic (exact) mass is 349 g/mol. The molecule has 1 aromatic carbocycles. The van der Waals surface area contributed by atoms with Crippen LogP contribution in [0.5, 0.6) is 11.6 Å². The number of nitriles is 1. The van der Waals surface area contributed by atoms with E-state index in [9.17, 15) is 4.79 Å². The van der Waals surface area contributed by atoms with Gasteiger partial charge in [0.15, 0.2) is 0 Å². The zero-order chi connectivity index (χ0) is 19.1. The third kappa shape index (κ3) is 4.08. The molecule has 6 heteroatoms. The van der Waals surface area contributed by atoms with Crippen molar-refractivity contribution >= 4 is 18.1 Å². The molecule has 6 nitrogen and oxygen atoms in total. The van der Waals surface area contributed by atoms with E-state index in [1.165, 1.54) is 13.2 Å². The van der Waals surface area contributed by atoms with E-state index in [4.69, 9.17) is 20.5 Å². The standard InChI is InChI=1S/C20H19N3O3/c1-4-5-13-10-16(11-14(19(13)25-2)7-9-18(22)24)17-8-6-15(12-21)20(23-17)26-3/h4-11H,1-3H3,(H2,22,24). The summed E-state index contributed by atoms with van der Waals surface area (Å²) in [5.41, 5.74) is 8.48. The van der Waals surface area contributed by atoms with Crippen LogP contribution in [0.3, 0.4) is 0 Å². The Balaban J connectivity index is 2.69. The van der Waals surface area contributed by atoms with Gasteiger partial charge >= 0.3 is 0 Å². The molecule has 132 valence electrons. The van der Waals surface area contributed by atoms with Crippen molar-refractivity contribution in [1.82, 2.24) is 4.98 Å². The van der Waals surface area contributed by atoms with Crippen LogP contribution in [-0.2, 0) is 4.79 Å². The van der Waals surface area contributed by atoms with E-state index in [2.05, 4.69) is 4.98 Å². The number of amides is 1. The Morgan fingerprint density at radius 1 is 1.19 bits per heavy atom. The van der Waals surface area contributed by atoms with Gasteiger partial charge in [0.2, 0.25) is 11.8 Å². The summed E-state index contributed by atoms with van der Waals surface area (Å²) in [5.74, 6) is 0.316. The molecule has 0 atom stereocenters. The Labute approximate surface area is 152 Å². The van der Waals surface area contributed by atoms with Crippen LogP contribution in [0.1, 0.15) is 23.6 Å². The van der Waals surface area contributed by atoms with E-state index in [1.54, 1.807) is 25.3 Å². The first-order valence-electron chi connectivity index (χ1n) is 7.81. The van der Waals surface area contributed by atoms with E-state index in [0.717, 1.165) is 11.1 Å². The number of pyridine rings is 1. The molecule has 2 aromatic rings. The topological polar surface area (TPSA) is 98.2 Å². The molecule has 0 aliphatic heterocycles. The maximum atomic E-state index is 11.1. The number of carbonyl (C=O) groups excluding carboxylic acids is 1. The molecule has 0 aliphatic carbocycles. The number of methoxy groups -OCH3 is 2. The number of hydrogen-bond acceptors (Lipinski definition) is 5. The third-order valence-electron chi connectivity index (χ3n) is 3.59. The summed E-state index contributed by atoms with van der Waals surface area (Å²) in [6.45, 7) is 1.90. The molecule has 0 fully saturated rings. The number of hydrogen-bond donors (Lipinski definition) is 1. The fraction of sp³-hybridized carbons (Fsp3) is 0.150. The van der Waals surface area contributed by atoms with Gasteiger partial charge in [0.05, 0.1) is 19.9 Å². The van der Waals surface area contributed by atoms with E-state index in [0.29, 0.717) is 22.6 Å². The average molecular weight is 349 g/mol. The fourth-order valence-corrected chi connectivity index (χ4v) is 2.50. The van der Waals surface area contributed by atoms with Crippen LogP contribution >= 0.6 is 0 Å². The smallest absolute Gasteiger partial charge is 0.241 e. The molecule has 0 radical (unpaired) electrons. The van der Waals surface area contributed by atoms with Crippen molar-refractivity contribution in [2.24, 2.45) is 5.73 Å². The first-order valence-corrected chi connectivity index (χ1v) is 7.81. The molecule has 2 N–H and O–H groups in total. The third-order valence-corrected chi connectivity index (χ3v) is 3.59. The number of nitrogens with two attached hydrogens (primary N) is 1. The minimum Gasteiger partial charge on any atom is -0.496 e. The summed E-state index contributed by atoms with van der Waals surface area (Å²) in [5, 5.41) is 9.11. The lowest BCUT2D eigenvalue weighted by molar-refractivity contribution is -0.113. The summed E-state index contributed by atoms with van der Waals surface area (Å²) in [6.07, 6.45) is 6.65. The van der Waals surface area contributed by atoms with E-state index in [-0.39, 0.29) is 5.88 Å². The zero-order valence-electron chi connectivity index (χ0n) is 14.8. The second kappa shape index (κ2) is 8.49. The van der Waals surface area contributed by atoms with Crippen LogP contribution in [0, 0.1) is 11.3 Å². The van der Waals surface area contributed by atoms with Gasteiger partial charge in [-0.25, -0.2) is 4.98 Å². The first-order chi connectivity index (χ1) is 12.5. The summed E-state index contributed by atoms with van der Waals surface area (Å²) >= 11 is 0. The predicted octanol–water partition coefficient (Wildman–Crippen LogP) is 3.17. The van der Waals surface area contributed by atoms with Crippen LogP contribution in [0.4, 0.5) is 0 Å². The highest BCUT2D eigenvalue weighted by Gasteiger charge is 2.13. The van der Waals surface area contributed by atoms with Crippen molar-refractivity contribution in [1.29, 1.82) is 5.26 Å². The number of allylic oxidation sites excluding steroid dienone is 1. The van der Waals surface area contributed by atoms with E-state index < -0.39 is 5.91 Å². The number of benzene rings is 1. The fourth-order valence-electron chi connectivity index (χ4n) is 2.50. The minimum absolute atomic E-state index is 0.252. The average Bonchev–Trinajstić information content (AvgIpc) is 2.65. The highest BCUT2D eigenvalue weighted by atomic mass is 16.5. The highest BCUT2D eigenvalue weighted by Crippen LogP contribution is 2.33. The lowest BCUT2D eigenvalue weighted by atomic mass is 10.00. The lowest BCUT2D eigenvalue weighted by Crippen LogP contribution is -2.05. The van der Waals surface area contributed by atoms with Gasteiger partial charge in [0, 0.05) is 22.8 Å². The summed E-state index contributed by atoms with van der Waals surface area (Å²) < 4.78 is 10.7. The molecule has 1 aromatic heterocycles. The highest BCUT2D eigenvalue weighted by molar-refractivity contribution is 5.91. The SMILES string of the molecule is CC=Cc1cc(-c2ccc(C#N)c(OC)n2)cc(C=CC(N)=O)c1OC. The van der Waals surface area contributed by atoms with Crippen molar-refractivity contribution in [2.45, 2.75) is 6.92 Å². The molecule has 0 spiro atoms. The Bertz CT molecular complexity index is 925. The van der Waals surface area contributed by atoms with E-state index >= 15 is 0 Å². The number of ether oxygens (including phenoxy) is 2. The van der Waals surface area contributed by atoms with Crippen molar-refractivity contribution in [3.05, 3.63) is 53.1 Å². The van der Waals surface area contributed by atoms with Crippen molar-refractivity contribution in [2.75, 3.05) is 14.2 Å². The van der Waals surface area contributed by atoms with Gasteiger partial charge in [-0.15, -0.1) is 0 Å². The molecule has 0 unspecified atom stereocenters. The van der Waals surface area contributed by atoms with Crippen LogP contribution in [0.25, 0.3) is 23.4 Å². The zero-order valence-corrected chi connectivity index (χ0v) is 14.8. The van der Waals surface area contributed by atoms with Crippen molar-refractivity contribution in [3.63, 3.8) is 0 Å². The molecule has 1 amide bonds. The molecule has 1 heterocycles. The van der Waals surface area contributed by atoms with Crippen LogP contribution in [0.2, 0.25) is 0 Å². The minimum atomic E-state index is -0.553. The molecular weight excluding hydrogens is 330 g/mol. The number of aromatic nitrogens is 1. The van der Waals surface area contributed by atoms with Crippen molar-refractivity contribution in [3.8, 4) is 29.0 Å². The maximum absolute atomic E-state index is 11.1.